The number of hydrogen-bond acceptors (Lipinski definition) is 10. The van der Waals surface area contributed by atoms with Crippen LogP contribution in [0.2, 0.25) is 5.15 Å². The van der Waals surface area contributed by atoms with Gasteiger partial charge < -0.3 is 36.4 Å². The predicted octanol–water partition coefficient (Wildman–Crippen LogP) is 0.960. The molecule has 0 aliphatic rings. The third-order valence-electron chi connectivity index (χ3n) is 5.75. The van der Waals surface area contributed by atoms with Crippen LogP contribution in [0.4, 0.5) is 5.95 Å². The Morgan fingerprint density at radius 3 is 2.30 bits per heavy atom. The molecule has 0 bridgehead atoms. The third-order valence-corrected chi connectivity index (χ3v) is 5.94. The third kappa shape index (κ3) is 10.7. The van der Waals surface area contributed by atoms with E-state index in [1.54, 1.807) is 49.4 Å². The number of aromatic hydroxyl groups is 1. The highest BCUT2D eigenvalue weighted by atomic mass is 35.5. The molecular weight excluding hydrogens is 594 g/mol. The van der Waals surface area contributed by atoms with Crippen molar-refractivity contribution in [1.29, 1.82) is 0 Å². The smallest absolute Gasteiger partial charge is 0.328 e. The number of anilines is 1. The molecule has 6 N–H and O–H groups in total. The van der Waals surface area contributed by atoms with Gasteiger partial charge in [0.1, 0.15) is 22.6 Å². The Morgan fingerprint density at radius 1 is 0.955 bits per heavy atom. The fourth-order valence-electron chi connectivity index (χ4n) is 3.62. The summed E-state index contributed by atoms with van der Waals surface area (Å²) >= 11 is 5.96. The van der Waals surface area contributed by atoms with Crippen LogP contribution in [0.25, 0.3) is 0 Å². The number of benzene rings is 2. The lowest BCUT2D eigenvalue weighted by Crippen LogP contribution is -2.48. The van der Waals surface area contributed by atoms with Crippen molar-refractivity contribution < 1.29 is 33.8 Å². The second-order valence-corrected chi connectivity index (χ2v) is 9.54. The van der Waals surface area contributed by atoms with Crippen molar-refractivity contribution in [3.8, 4) is 5.75 Å². The molecule has 14 nitrogen and oxygen atoms in total. The normalized spacial score (nSPS) is 11.5. The number of carbonyl (C=O) groups is 5. The molecule has 3 rings (SSSR count). The number of aryl methyl sites for hydroxylation is 1. The predicted molar refractivity (Wildman–Crippen MR) is 159 cm³/mol. The highest BCUT2D eigenvalue weighted by molar-refractivity contribution is 6.29. The first kappa shape index (κ1) is 33.0. The van der Waals surface area contributed by atoms with E-state index in [0.717, 1.165) is 6.20 Å². The van der Waals surface area contributed by atoms with E-state index in [9.17, 15) is 29.1 Å². The number of methoxy groups -OCH3 is 1. The monoisotopic (exact) mass is 623 g/mol. The molecule has 1 heterocycles. The molecule has 1 aromatic heterocycles. The maximum absolute atomic E-state index is 12.9. The van der Waals surface area contributed by atoms with Gasteiger partial charge in [-0.05, 0) is 42.8 Å². The topological polar surface area (TPSA) is 201 Å². The van der Waals surface area contributed by atoms with E-state index in [4.69, 9.17) is 16.3 Å². The molecule has 0 aliphatic carbocycles. The zero-order valence-electron chi connectivity index (χ0n) is 23.7. The maximum atomic E-state index is 12.9. The zero-order valence-corrected chi connectivity index (χ0v) is 24.5. The number of ether oxygens (including phenoxy) is 1. The van der Waals surface area contributed by atoms with Gasteiger partial charge in [0, 0.05) is 23.9 Å². The number of carbonyl (C=O) groups excluding carboxylic acids is 5. The van der Waals surface area contributed by atoms with E-state index in [0.29, 0.717) is 11.3 Å². The summed E-state index contributed by atoms with van der Waals surface area (Å²) in [5.74, 6) is -3.43. The Balaban J connectivity index is 1.58. The Kier molecular flexibility index (Phi) is 12.2. The number of hydrogen-bond donors (Lipinski definition) is 6. The van der Waals surface area contributed by atoms with Crippen molar-refractivity contribution in [1.82, 2.24) is 31.2 Å². The number of phenols is 1. The number of amides is 4. The number of halogens is 1. The van der Waals surface area contributed by atoms with Crippen LogP contribution in [0, 0.1) is 6.92 Å². The average molecular weight is 624 g/mol. The number of nitrogens with zero attached hydrogens (tertiary/aromatic N) is 2. The maximum Gasteiger partial charge on any atom is 0.328 e. The quantitative estimate of drug-likeness (QED) is 0.0905. The van der Waals surface area contributed by atoms with Crippen LogP contribution >= 0.6 is 11.6 Å². The molecule has 3 aromatic rings. The highest BCUT2D eigenvalue weighted by Crippen LogP contribution is 2.12. The van der Waals surface area contributed by atoms with Gasteiger partial charge in [-0.25, -0.2) is 14.8 Å². The summed E-state index contributed by atoms with van der Waals surface area (Å²) in [6.07, 6.45) is 1.23. The lowest BCUT2D eigenvalue weighted by molar-refractivity contribution is -0.145. The summed E-state index contributed by atoms with van der Waals surface area (Å²) in [6.45, 7) is 0.640. The summed E-state index contributed by atoms with van der Waals surface area (Å²) < 4.78 is 4.74. The fraction of sp³-hybridized carbons (Fsp3) is 0.207. The first-order chi connectivity index (χ1) is 21.0. The summed E-state index contributed by atoms with van der Waals surface area (Å²) in [5, 5.41) is 21.9. The van der Waals surface area contributed by atoms with Gasteiger partial charge in [-0.1, -0.05) is 41.9 Å². The molecule has 0 radical (unpaired) electrons. The molecule has 0 saturated heterocycles. The van der Waals surface area contributed by atoms with E-state index >= 15 is 0 Å². The lowest BCUT2D eigenvalue weighted by atomic mass is 10.1. The molecule has 0 fully saturated rings. The van der Waals surface area contributed by atoms with Crippen LogP contribution in [0.5, 0.6) is 5.75 Å². The van der Waals surface area contributed by atoms with Crippen molar-refractivity contribution in [3.63, 3.8) is 0 Å². The SMILES string of the molecule is COC(=O)[C@H](Cc1ccc(O)cc1)NC(=O)CNC(=O)CNC(=O)/C(=C\Nc1nc(C)cc(Cl)n1)NC(=O)c1ccccc1. The van der Waals surface area contributed by atoms with Crippen molar-refractivity contribution in [2.45, 2.75) is 19.4 Å². The van der Waals surface area contributed by atoms with Gasteiger partial charge in [-0.2, -0.15) is 0 Å². The van der Waals surface area contributed by atoms with Gasteiger partial charge in [-0.3, -0.25) is 19.2 Å². The van der Waals surface area contributed by atoms with Crippen LogP contribution < -0.4 is 26.6 Å². The second-order valence-electron chi connectivity index (χ2n) is 9.15. The molecule has 230 valence electrons. The fourth-order valence-corrected chi connectivity index (χ4v) is 3.86. The minimum Gasteiger partial charge on any atom is -0.508 e. The van der Waals surface area contributed by atoms with Gasteiger partial charge in [-0.15, -0.1) is 0 Å². The Bertz CT molecular complexity index is 1510. The first-order valence-corrected chi connectivity index (χ1v) is 13.5. The summed E-state index contributed by atoms with van der Waals surface area (Å²) in [5.41, 5.74) is 1.22. The van der Waals surface area contributed by atoms with Crippen LogP contribution in [-0.2, 0) is 30.3 Å². The van der Waals surface area contributed by atoms with Gasteiger partial charge in [0.15, 0.2) is 0 Å². The first-order valence-electron chi connectivity index (χ1n) is 13.1. The van der Waals surface area contributed by atoms with Gasteiger partial charge in [0.25, 0.3) is 11.8 Å². The number of esters is 1. The van der Waals surface area contributed by atoms with E-state index in [-0.39, 0.29) is 34.5 Å². The number of nitrogens with one attached hydrogen (secondary N) is 5. The molecule has 44 heavy (non-hydrogen) atoms. The largest absolute Gasteiger partial charge is 0.508 e. The standard InChI is InChI=1S/C29H30ClN7O7/c1-17-12-23(30)37-29(34-17)33-14-22(36-26(41)19-6-4-3-5-7-19)27(42)32-15-24(39)31-16-25(40)35-21(28(43)44-2)13-18-8-10-20(38)11-9-18/h3-12,14,21,38H,13,15-16H2,1-2H3,(H,31,39)(H,32,42)(H,35,40)(H,36,41)(H,33,34,37)/b22-14+/t21-/m0/s1. The molecule has 15 heteroatoms. The Morgan fingerprint density at radius 2 is 1.64 bits per heavy atom. The molecular formula is C29H30ClN7O7. The molecule has 0 spiro atoms. The van der Waals surface area contributed by atoms with Crippen molar-refractivity contribution in [2.75, 3.05) is 25.5 Å². The van der Waals surface area contributed by atoms with E-state index < -0.39 is 48.7 Å². The zero-order chi connectivity index (χ0) is 32.1. The van der Waals surface area contributed by atoms with Gasteiger partial charge in [0.05, 0.1) is 20.2 Å². The van der Waals surface area contributed by atoms with Crippen molar-refractivity contribution in [3.05, 3.63) is 94.5 Å². The summed E-state index contributed by atoms with van der Waals surface area (Å²) in [4.78, 5) is 70.8. The van der Waals surface area contributed by atoms with Crippen molar-refractivity contribution >= 4 is 47.1 Å². The minimum absolute atomic E-state index is 0.0462. The molecule has 1 atom stereocenters. The van der Waals surface area contributed by atoms with E-state index in [2.05, 4.69) is 36.6 Å². The molecule has 4 amide bonds. The second kappa shape index (κ2) is 16.2. The van der Waals surface area contributed by atoms with Crippen LogP contribution in [0.15, 0.2) is 72.6 Å². The average Bonchev–Trinajstić information content (AvgIpc) is 3.01. The summed E-state index contributed by atoms with van der Waals surface area (Å²) in [7, 11) is 1.17. The van der Waals surface area contributed by atoms with Crippen LogP contribution in [0.3, 0.4) is 0 Å². The number of phenolic OH excluding ortho intramolecular Hbond substituents is 1. The molecule has 0 aliphatic heterocycles. The highest BCUT2D eigenvalue weighted by Gasteiger charge is 2.22. The number of rotatable bonds is 13. The molecule has 2 aromatic carbocycles. The Hall–Kier alpha value is -5.50. The van der Waals surface area contributed by atoms with Crippen LogP contribution in [0.1, 0.15) is 21.6 Å². The van der Waals surface area contributed by atoms with E-state index in [1.165, 1.54) is 25.3 Å². The van der Waals surface area contributed by atoms with Crippen molar-refractivity contribution in [2.24, 2.45) is 0 Å². The molecule has 0 unspecified atom stereocenters. The van der Waals surface area contributed by atoms with Gasteiger partial charge in [0.2, 0.25) is 17.8 Å². The lowest BCUT2D eigenvalue weighted by Gasteiger charge is -2.17. The minimum atomic E-state index is -1.05. The van der Waals surface area contributed by atoms with Crippen LogP contribution in [-0.4, -0.2) is 70.9 Å². The number of aromatic nitrogens is 2. The summed E-state index contributed by atoms with van der Waals surface area (Å²) in [6, 6.07) is 14.7. The van der Waals surface area contributed by atoms with Gasteiger partial charge >= 0.3 is 5.97 Å². The Labute approximate surface area is 257 Å². The van der Waals surface area contributed by atoms with E-state index in [1.807, 2.05) is 0 Å². The molecule has 0 saturated carbocycles.